The molecule has 128 valence electrons. The van der Waals surface area contributed by atoms with Crippen molar-refractivity contribution in [2.24, 2.45) is 0 Å². The van der Waals surface area contributed by atoms with E-state index in [0.717, 1.165) is 22.3 Å². The van der Waals surface area contributed by atoms with Crippen molar-refractivity contribution in [3.8, 4) is 0 Å². The maximum absolute atomic E-state index is 11.8. The Morgan fingerprint density at radius 2 is 1.79 bits per heavy atom. The van der Waals surface area contributed by atoms with E-state index in [1.54, 1.807) is 11.8 Å². The van der Waals surface area contributed by atoms with Gasteiger partial charge in [0.15, 0.2) is 0 Å². The van der Waals surface area contributed by atoms with Crippen LogP contribution >= 0.6 is 35.1 Å². The highest BCUT2D eigenvalue weighted by atomic mass is 35.5. The number of benzene rings is 2. The molecule has 0 aliphatic heterocycles. The first-order valence-electron chi connectivity index (χ1n) is 7.85. The molecule has 2 rings (SSSR count). The molecule has 0 spiro atoms. The van der Waals surface area contributed by atoms with Crippen LogP contribution in [0.2, 0.25) is 5.02 Å². The van der Waals surface area contributed by atoms with Crippen molar-refractivity contribution in [2.45, 2.75) is 18.4 Å². The zero-order valence-electron chi connectivity index (χ0n) is 13.8. The minimum atomic E-state index is 0.111. The Morgan fingerprint density at radius 1 is 1.04 bits per heavy atom. The van der Waals surface area contributed by atoms with Crippen molar-refractivity contribution in [3.05, 3.63) is 70.2 Å². The van der Waals surface area contributed by atoms with Gasteiger partial charge in [-0.3, -0.25) is 4.79 Å². The van der Waals surface area contributed by atoms with Crippen LogP contribution in [0.4, 0.5) is 0 Å². The first kappa shape index (κ1) is 19.2. The van der Waals surface area contributed by atoms with Crippen LogP contribution in [0.15, 0.2) is 48.5 Å². The Morgan fingerprint density at radius 3 is 2.54 bits per heavy atom. The molecule has 0 heterocycles. The third kappa shape index (κ3) is 7.65. The molecule has 24 heavy (non-hydrogen) atoms. The quantitative estimate of drug-likeness (QED) is 0.626. The highest BCUT2D eigenvalue weighted by Crippen LogP contribution is 2.15. The summed E-state index contributed by atoms with van der Waals surface area (Å²) < 4.78 is 0. The van der Waals surface area contributed by atoms with Crippen LogP contribution in [-0.4, -0.2) is 24.0 Å². The number of nitrogens with one attached hydrogen (secondary N) is 1. The SMILES string of the molecule is Cc1cccc(CSCC(=O)NCCSCc2ccc(Cl)cc2)c1. The predicted molar refractivity (Wildman–Crippen MR) is 108 cm³/mol. The van der Waals surface area contributed by atoms with E-state index in [9.17, 15) is 4.79 Å². The number of carbonyl (C=O) groups is 1. The van der Waals surface area contributed by atoms with Crippen molar-refractivity contribution < 1.29 is 4.79 Å². The van der Waals surface area contributed by atoms with Gasteiger partial charge in [0, 0.05) is 28.8 Å². The van der Waals surface area contributed by atoms with E-state index in [1.165, 1.54) is 16.7 Å². The van der Waals surface area contributed by atoms with Crippen LogP contribution in [-0.2, 0) is 16.3 Å². The number of carbonyl (C=O) groups excluding carboxylic acids is 1. The van der Waals surface area contributed by atoms with Gasteiger partial charge in [0.05, 0.1) is 5.75 Å². The van der Waals surface area contributed by atoms with Crippen LogP contribution in [0.25, 0.3) is 0 Å². The summed E-state index contributed by atoms with van der Waals surface area (Å²) in [5.41, 5.74) is 3.78. The number of amides is 1. The topological polar surface area (TPSA) is 29.1 Å². The fourth-order valence-electron chi connectivity index (χ4n) is 2.15. The summed E-state index contributed by atoms with van der Waals surface area (Å²) >= 11 is 9.33. The van der Waals surface area contributed by atoms with E-state index in [2.05, 4.69) is 36.5 Å². The van der Waals surface area contributed by atoms with Crippen molar-refractivity contribution in [3.63, 3.8) is 0 Å². The standard InChI is InChI=1S/C19H22ClNOS2/c1-15-3-2-4-17(11-15)13-24-14-19(22)21-9-10-23-12-16-5-7-18(20)8-6-16/h2-8,11H,9-10,12-14H2,1H3,(H,21,22). The number of halogens is 1. The van der Waals surface area contributed by atoms with E-state index < -0.39 is 0 Å². The lowest BCUT2D eigenvalue weighted by atomic mass is 10.2. The summed E-state index contributed by atoms with van der Waals surface area (Å²) in [4.78, 5) is 11.8. The summed E-state index contributed by atoms with van der Waals surface area (Å²) in [5, 5.41) is 3.74. The van der Waals surface area contributed by atoms with Gasteiger partial charge in [-0.15, -0.1) is 11.8 Å². The van der Waals surface area contributed by atoms with E-state index in [-0.39, 0.29) is 5.91 Å². The van der Waals surface area contributed by atoms with E-state index >= 15 is 0 Å². The summed E-state index contributed by atoms with van der Waals surface area (Å²) in [6.07, 6.45) is 0. The predicted octanol–water partition coefficient (Wildman–Crippen LogP) is 4.93. The number of hydrogen-bond donors (Lipinski definition) is 1. The second-order valence-corrected chi connectivity index (χ2v) is 8.04. The van der Waals surface area contributed by atoms with Gasteiger partial charge in [-0.05, 0) is 30.2 Å². The lowest BCUT2D eigenvalue weighted by Gasteiger charge is -2.06. The lowest BCUT2D eigenvalue weighted by molar-refractivity contribution is -0.118. The van der Waals surface area contributed by atoms with Crippen LogP contribution in [0, 0.1) is 6.92 Å². The Labute approximate surface area is 157 Å². The lowest BCUT2D eigenvalue weighted by Crippen LogP contribution is -2.27. The zero-order chi connectivity index (χ0) is 17.2. The average molecular weight is 380 g/mol. The van der Waals surface area contributed by atoms with Crippen LogP contribution < -0.4 is 5.32 Å². The van der Waals surface area contributed by atoms with E-state index in [0.29, 0.717) is 12.3 Å². The van der Waals surface area contributed by atoms with Crippen molar-refractivity contribution in [2.75, 3.05) is 18.1 Å². The number of thioether (sulfide) groups is 2. The van der Waals surface area contributed by atoms with Gasteiger partial charge in [0.1, 0.15) is 0 Å². The summed E-state index contributed by atoms with van der Waals surface area (Å²) in [6, 6.07) is 16.3. The summed E-state index contributed by atoms with van der Waals surface area (Å²) in [5.74, 6) is 3.35. The molecule has 0 radical (unpaired) electrons. The monoisotopic (exact) mass is 379 g/mol. The molecule has 0 atom stereocenters. The first-order valence-corrected chi connectivity index (χ1v) is 10.5. The number of aryl methyl sites for hydroxylation is 1. The minimum absolute atomic E-state index is 0.111. The highest BCUT2D eigenvalue weighted by molar-refractivity contribution is 7.99. The molecule has 0 aromatic heterocycles. The average Bonchev–Trinajstić information content (AvgIpc) is 2.56. The second-order valence-electron chi connectivity index (χ2n) is 5.51. The van der Waals surface area contributed by atoms with Gasteiger partial charge in [0.25, 0.3) is 0 Å². The molecule has 2 aromatic carbocycles. The van der Waals surface area contributed by atoms with Gasteiger partial charge < -0.3 is 5.32 Å². The van der Waals surface area contributed by atoms with E-state index in [4.69, 9.17) is 11.6 Å². The molecule has 0 bridgehead atoms. The van der Waals surface area contributed by atoms with Crippen molar-refractivity contribution in [1.82, 2.24) is 5.32 Å². The Kier molecular flexibility index (Phi) is 8.57. The normalized spacial score (nSPS) is 10.6. The van der Waals surface area contributed by atoms with E-state index in [1.807, 2.05) is 36.0 Å². The summed E-state index contributed by atoms with van der Waals surface area (Å²) in [7, 11) is 0. The maximum atomic E-state index is 11.8. The van der Waals surface area contributed by atoms with Crippen molar-refractivity contribution >= 4 is 41.0 Å². The molecule has 0 saturated carbocycles. The zero-order valence-corrected chi connectivity index (χ0v) is 16.1. The van der Waals surface area contributed by atoms with Crippen LogP contribution in [0.3, 0.4) is 0 Å². The van der Waals surface area contributed by atoms with Gasteiger partial charge in [-0.2, -0.15) is 11.8 Å². The molecular formula is C19H22ClNOS2. The number of rotatable bonds is 9. The van der Waals surface area contributed by atoms with Gasteiger partial charge >= 0.3 is 0 Å². The molecule has 0 aliphatic carbocycles. The molecule has 0 fully saturated rings. The molecule has 0 unspecified atom stereocenters. The van der Waals surface area contributed by atoms with Crippen molar-refractivity contribution in [1.29, 1.82) is 0 Å². The Hall–Kier alpha value is -1.10. The first-order chi connectivity index (χ1) is 11.6. The fraction of sp³-hybridized carbons (Fsp3) is 0.316. The van der Waals surface area contributed by atoms with Gasteiger partial charge in [-0.25, -0.2) is 0 Å². The minimum Gasteiger partial charge on any atom is -0.355 e. The second kappa shape index (κ2) is 10.7. The molecule has 2 nitrogen and oxygen atoms in total. The molecular weight excluding hydrogens is 358 g/mol. The fourth-order valence-corrected chi connectivity index (χ4v) is 3.90. The molecule has 2 aromatic rings. The smallest absolute Gasteiger partial charge is 0.230 e. The summed E-state index contributed by atoms with van der Waals surface area (Å²) in [6.45, 7) is 2.80. The molecule has 0 aliphatic rings. The van der Waals surface area contributed by atoms with Crippen LogP contribution in [0.5, 0.6) is 0 Å². The van der Waals surface area contributed by atoms with Gasteiger partial charge in [-0.1, -0.05) is 53.6 Å². The Bertz CT molecular complexity index is 646. The van der Waals surface area contributed by atoms with Crippen LogP contribution in [0.1, 0.15) is 16.7 Å². The third-order valence-corrected chi connectivity index (χ3v) is 5.62. The Balaban J connectivity index is 1.52. The highest BCUT2D eigenvalue weighted by Gasteiger charge is 2.02. The largest absolute Gasteiger partial charge is 0.355 e. The van der Waals surface area contributed by atoms with Gasteiger partial charge in [0.2, 0.25) is 5.91 Å². The molecule has 5 heteroatoms. The number of hydrogen-bond acceptors (Lipinski definition) is 3. The molecule has 1 N–H and O–H groups in total. The maximum Gasteiger partial charge on any atom is 0.230 e. The third-order valence-electron chi connectivity index (χ3n) is 3.33. The molecule has 1 amide bonds. The molecule has 0 saturated heterocycles.